The minimum Gasteiger partial charge on any atom is -0.495 e. The first-order valence-corrected chi connectivity index (χ1v) is 8.94. The number of methoxy groups -OCH3 is 2. The number of carbonyl (C=O) groups excluding carboxylic acids is 1. The van der Waals surface area contributed by atoms with Gasteiger partial charge in [0.15, 0.2) is 0 Å². The molecule has 26 heavy (non-hydrogen) atoms. The second-order valence-corrected chi connectivity index (χ2v) is 6.61. The molecule has 1 heterocycles. The average Bonchev–Trinajstić information content (AvgIpc) is 3.16. The van der Waals surface area contributed by atoms with Crippen LogP contribution < -0.4 is 20.1 Å². The molecule has 0 radical (unpaired) electrons. The minimum absolute atomic E-state index is 0.0818. The van der Waals surface area contributed by atoms with Gasteiger partial charge < -0.3 is 20.1 Å². The Morgan fingerprint density at radius 1 is 1.15 bits per heavy atom. The van der Waals surface area contributed by atoms with Gasteiger partial charge in [-0.25, -0.2) is 4.98 Å². The number of pyridine rings is 1. The van der Waals surface area contributed by atoms with Crippen molar-refractivity contribution in [1.29, 1.82) is 0 Å². The number of hydrogen-bond acceptors (Lipinski definition) is 5. The van der Waals surface area contributed by atoms with Crippen molar-refractivity contribution in [2.24, 2.45) is 0 Å². The molecule has 7 heteroatoms. The maximum absolute atomic E-state index is 12.3. The molecule has 1 aliphatic carbocycles. The number of ether oxygens (including phenoxy) is 2. The summed E-state index contributed by atoms with van der Waals surface area (Å²) in [7, 11) is 3.11. The highest BCUT2D eigenvalue weighted by molar-refractivity contribution is 6.32. The normalized spacial score (nSPS) is 14.1. The summed E-state index contributed by atoms with van der Waals surface area (Å²) in [6.45, 7) is 0. The van der Waals surface area contributed by atoms with Crippen LogP contribution >= 0.6 is 11.6 Å². The number of nitrogens with zero attached hydrogens (tertiary/aromatic N) is 1. The van der Waals surface area contributed by atoms with E-state index >= 15 is 0 Å². The van der Waals surface area contributed by atoms with E-state index in [4.69, 9.17) is 21.1 Å². The predicted octanol–water partition coefficient (Wildman–Crippen LogP) is 4.17. The Morgan fingerprint density at radius 2 is 1.88 bits per heavy atom. The van der Waals surface area contributed by atoms with Gasteiger partial charge in [0.25, 0.3) is 5.91 Å². The van der Waals surface area contributed by atoms with Gasteiger partial charge in [0.2, 0.25) is 0 Å². The number of halogens is 1. The molecule has 2 aromatic rings. The van der Waals surface area contributed by atoms with E-state index in [1.807, 2.05) is 0 Å². The SMILES string of the molecule is COc1cc(Nc2ccc(C(=O)NC3CCCC3)cn2)c(OC)cc1Cl. The predicted molar refractivity (Wildman–Crippen MR) is 102 cm³/mol. The molecule has 1 fully saturated rings. The number of benzene rings is 1. The molecule has 3 rings (SSSR count). The van der Waals surface area contributed by atoms with Gasteiger partial charge in [-0.3, -0.25) is 4.79 Å². The zero-order chi connectivity index (χ0) is 18.5. The Balaban J connectivity index is 1.72. The first-order valence-electron chi connectivity index (χ1n) is 8.56. The van der Waals surface area contributed by atoms with E-state index in [1.165, 1.54) is 12.8 Å². The maximum Gasteiger partial charge on any atom is 0.253 e. The molecule has 0 saturated heterocycles. The lowest BCUT2D eigenvalue weighted by atomic mass is 10.2. The second-order valence-electron chi connectivity index (χ2n) is 6.20. The molecule has 2 N–H and O–H groups in total. The van der Waals surface area contributed by atoms with Gasteiger partial charge in [-0.05, 0) is 25.0 Å². The molecule has 1 saturated carbocycles. The lowest BCUT2D eigenvalue weighted by molar-refractivity contribution is 0.0937. The quantitative estimate of drug-likeness (QED) is 0.792. The van der Waals surface area contributed by atoms with Gasteiger partial charge in [0.1, 0.15) is 17.3 Å². The fourth-order valence-electron chi connectivity index (χ4n) is 3.04. The van der Waals surface area contributed by atoms with Gasteiger partial charge in [0.05, 0.1) is 30.5 Å². The van der Waals surface area contributed by atoms with E-state index in [9.17, 15) is 4.79 Å². The fourth-order valence-corrected chi connectivity index (χ4v) is 3.27. The third kappa shape index (κ3) is 4.19. The largest absolute Gasteiger partial charge is 0.495 e. The monoisotopic (exact) mass is 375 g/mol. The number of anilines is 2. The highest BCUT2D eigenvalue weighted by Gasteiger charge is 2.18. The van der Waals surface area contributed by atoms with Crippen LogP contribution in [0, 0.1) is 0 Å². The first kappa shape index (κ1) is 18.3. The molecule has 1 aromatic carbocycles. The lowest BCUT2D eigenvalue weighted by Crippen LogP contribution is -2.32. The Morgan fingerprint density at radius 3 is 2.50 bits per heavy atom. The Kier molecular flexibility index (Phi) is 5.83. The summed E-state index contributed by atoms with van der Waals surface area (Å²) in [6, 6.07) is 7.20. The number of aromatic nitrogens is 1. The van der Waals surface area contributed by atoms with Crippen molar-refractivity contribution in [3.63, 3.8) is 0 Å². The minimum atomic E-state index is -0.0818. The first-order chi connectivity index (χ1) is 12.6. The van der Waals surface area contributed by atoms with Gasteiger partial charge in [-0.2, -0.15) is 0 Å². The molecule has 0 unspecified atom stereocenters. The third-order valence-corrected chi connectivity index (χ3v) is 4.75. The molecular formula is C19H22ClN3O3. The number of hydrogen-bond donors (Lipinski definition) is 2. The zero-order valence-electron chi connectivity index (χ0n) is 14.8. The lowest BCUT2D eigenvalue weighted by Gasteiger charge is -2.14. The van der Waals surface area contributed by atoms with Crippen LogP contribution in [0.2, 0.25) is 5.02 Å². The number of carbonyl (C=O) groups is 1. The van der Waals surface area contributed by atoms with E-state index in [0.29, 0.717) is 33.6 Å². The van der Waals surface area contributed by atoms with Gasteiger partial charge in [0, 0.05) is 24.4 Å². The standard InChI is InChI=1S/C19H22ClN3O3/c1-25-16-10-15(17(26-2)9-14(16)20)23-18-8-7-12(11-21-18)19(24)22-13-5-3-4-6-13/h7-11,13H,3-6H2,1-2H3,(H,21,23)(H,22,24). The molecule has 1 amide bonds. The molecule has 0 aliphatic heterocycles. The van der Waals surface area contributed by atoms with Crippen LogP contribution in [0.4, 0.5) is 11.5 Å². The van der Waals surface area contributed by atoms with E-state index in [1.54, 1.807) is 44.7 Å². The number of amides is 1. The molecule has 138 valence electrons. The number of rotatable bonds is 6. The maximum atomic E-state index is 12.3. The van der Waals surface area contributed by atoms with Crippen LogP contribution in [-0.2, 0) is 0 Å². The van der Waals surface area contributed by atoms with Crippen molar-refractivity contribution in [3.8, 4) is 11.5 Å². The summed E-state index contributed by atoms with van der Waals surface area (Å²) in [6.07, 6.45) is 6.02. The molecular weight excluding hydrogens is 354 g/mol. The highest BCUT2D eigenvalue weighted by Crippen LogP contribution is 2.37. The summed E-state index contributed by atoms with van der Waals surface area (Å²) in [5.41, 5.74) is 1.22. The smallest absolute Gasteiger partial charge is 0.253 e. The Hall–Kier alpha value is -2.47. The molecule has 0 bridgehead atoms. The van der Waals surface area contributed by atoms with Crippen LogP contribution in [0.3, 0.4) is 0 Å². The summed E-state index contributed by atoms with van der Waals surface area (Å²) in [5.74, 6) is 1.61. The van der Waals surface area contributed by atoms with Crippen molar-refractivity contribution in [2.45, 2.75) is 31.7 Å². The summed E-state index contributed by atoms with van der Waals surface area (Å²) >= 11 is 6.12. The second kappa shape index (κ2) is 8.27. The summed E-state index contributed by atoms with van der Waals surface area (Å²) in [4.78, 5) is 16.6. The van der Waals surface area contributed by atoms with Gasteiger partial charge >= 0.3 is 0 Å². The van der Waals surface area contributed by atoms with Crippen molar-refractivity contribution in [3.05, 3.63) is 41.0 Å². The fraction of sp³-hybridized carbons (Fsp3) is 0.368. The molecule has 6 nitrogen and oxygen atoms in total. The van der Waals surface area contributed by atoms with E-state index in [0.717, 1.165) is 12.8 Å². The van der Waals surface area contributed by atoms with E-state index in [2.05, 4.69) is 15.6 Å². The summed E-state index contributed by atoms with van der Waals surface area (Å²) in [5, 5.41) is 6.67. The third-order valence-electron chi connectivity index (χ3n) is 4.45. The highest BCUT2D eigenvalue weighted by atomic mass is 35.5. The van der Waals surface area contributed by atoms with Gasteiger partial charge in [-0.15, -0.1) is 0 Å². The molecule has 0 atom stereocenters. The van der Waals surface area contributed by atoms with Crippen molar-refractivity contribution >= 4 is 29.0 Å². The molecule has 1 aliphatic rings. The van der Waals surface area contributed by atoms with E-state index in [-0.39, 0.29) is 11.9 Å². The van der Waals surface area contributed by atoms with Crippen LogP contribution in [0.5, 0.6) is 11.5 Å². The van der Waals surface area contributed by atoms with Crippen molar-refractivity contribution < 1.29 is 14.3 Å². The van der Waals surface area contributed by atoms with E-state index < -0.39 is 0 Å². The molecule has 0 spiro atoms. The molecule has 1 aromatic heterocycles. The summed E-state index contributed by atoms with van der Waals surface area (Å²) < 4.78 is 10.6. The topological polar surface area (TPSA) is 72.5 Å². The van der Waals surface area contributed by atoms with Crippen LogP contribution in [0.15, 0.2) is 30.5 Å². The Bertz CT molecular complexity index is 774. The number of nitrogens with one attached hydrogen (secondary N) is 2. The van der Waals surface area contributed by atoms with Crippen molar-refractivity contribution in [2.75, 3.05) is 19.5 Å². The van der Waals surface area contributed by atoms with Crippen LogP contribution in [0.1, 0.15) is 36.0 Å². The van der Waals surface area contributed by atoms with Crippen LogP contribution in [-0.4, -0.2) is 31.2 Å². The average molecular weight is 376 g/mol. The van der Waals surface area contributed by atoms with Gasteiger partial charge in [-0.1, -0.05) is 24.4 Å². The van der Waals surface area contributed by atoms with Crippen molar-refractivity contribution in [1.82, 2.24) is 10.3 Å². The Labute approximate surface area is 157 Å². The van der Waals surface area contributed by atoms with Crippen LogP contribution in [0.25, 0.3) is 0 Å². The zero-order valence-corrected chi connectivity index (χ0v) is 15.6.